The summed E-state index contributed by atoms with van der Waals surface area (Å²) in [7, 11) is -1.49. The van der Waals surface area contributed by atoms with E-state index in [1.165, 1.54) is 4.90 Å². The van der Waals surface area contributed by atoms with Crippen LogP contribution in [0.5, 0.6) is 0 Å². The fraction of sp³-hybridized carbons (Fsp3) is 0.417. The first-order valence-corrected chi connectivity index (χ1v) is 7.56. The fourth-order valence-corrected chi connectivity index (χ4v) is 2.10. The Kier molecular flexibility index (Phi) is 4.34. The maximum Gasteiger partial charge on any atom is 0.253 e. The molecule has 1 rings (SSSR count). The number of carbonyl (C=O) groups excluding carboxylic acids is 1. The molecular formula is C12H18N2O3S. The minimum Gasteiger partial charge on any atom is -0.398 e. The number of anilines is 1. The summed E-state index contributed by atoms with van der Waals surface area (Å²) in [4.78, 5) is 13.5. The summed E-state index contributed by atoms with van der Waals surface area (Å²) in [5.74, 6) is -0.264. The number of hydrogen-bond acceptors (Lipinski definition) is 4. The van der Waals surface area contributed by atoms with Crippen LogP contribution in [0, 0.1) is 6.92 Å². The molecule has 0 aromatic heterocycles. The van der Waals surface area contributed by atoms with E-state index in [2.05, 4.69) is 0 Å². The largest absolute Gasteiger partial charge is 0.398 e. The van der Waals surface area contributed by atoms with Gasteiger partial charge in [0.1, 0.15) is 9.84 Å². The molecule has 0 bridgehead atoms. The molecule has 18 heavy (non-hydrogen) atoms. The molecule has 0 aliphatic heterocycles. The Balaban J connectivity index is 2.84. The molecule has 100 valence electrons. The number of hydrogen-bond donors (Lipinski definition) is 1. The highest BCUT2D eigenvalue weighted by Gasteiger charge is 2.16. The van der Waals surface area contributed by atoms with Crippen molar-refractivity contribution >= 4 is 21.4 Å². The van der Waals surface area contributed by atoms with Gasteiger partial charge in [0, 0.05) is 31.1 Å². The Morgan fingerprint density at radius 2 is 2.00 bits per heavy atom. The van der Waals surface area contributed by atoms with Gasteiger partial charge in [0.15, 0.2) is 0 Å². The van der Waals surface area contributed by atoms with Gasteiger partial charge in [-0.15, -0.1) is 0 Å². The summed E-state index contributed by atoms with van der Waals surface area (Å²) < 4.78 is 22.1. The highest BCUT2D eigenvalue weighted by atomic mass is 32.2. The smallest absolute Gasteiger partial charge is 0.253 e. The van der Waals surface area contributed by atoms with Crippen LogP contribution in [0.15, 0.2) is 18.2 Å². The van der Waals surface area contributed by atoms with Gasteiger partial charge in [-0.3, -0.25) is 4.79 Å². The number of rotatable bonds is 4. The third-order valence-electron chi connectivity index (χ3n) is 2.75. The molecule has 0 aliphatic carbocycles. The molecule has 1 aromatic rings. The van der Waals surface area contributed by atoms with Crippen LogP contribution in [0.4, 0.5) is 5.69 Å². The van der Waals surface area contributed by atoms with Crippen molar-refractivity contribution in [2.45, 2.75) is 6.92 Å². The molecule has 0 aliphatic rings. The van der Waals surface area contributed by atoms with Crippen LogP contribution in [-0.4, -0.2) is 44.8 Å². The second-order valence-corrected chi connectivity index (χ2v) is 6.64. The Morgan fingerprint density at radius 3 is 2.56 bits per heavy atom. The predicted octanol–water partition coefficient (Wildman–Crippen LogP) is 0.694. The quantitative estimate of drug-likeness (QED) is 0.816. The van der Waals surface area contributed by atoms with E-state index in [4.69, 9.17) is 5.73 Å². The second kappa shape index (κ2) is 5.39. The molecule has 0 saturated carbocycles. The zero-order chi connectivity index (χ0) is 13.9. The van der Waals surface area contributed by atoms with Crippen LogP contribution in [0.25, 0.3) is 0 Å². The summed E-state index contributed by atoms with van der Waals surface area (Å²) in [5, 5.41) is 0. The molecule has 0 heterocycles. The van der Waals surface area contributed by atoms with Crippen LogP contribution in [0.3, 0.4) is 0 Å². The van der Waals surface area contributed by atoms with Gasteiger partial charge in [-0.2, -0.15) is 0 Å². The number of nitrogens with zero attached hydrogens (tertiary/aromatic N) is 1. The molecule has 0 unspecified atom stereocenters. The molecule has 1 aromatic carbocycles. The van der Waals surface area contributed by atoms with Crippen molar-refractivity contribution in [3.63, 3.8) is 0 Å². The highest BCUT2D eigenvalue weighted by Crippen LogP contribution is 2.16. The van der Waals surface area contributed by atoms with E-state index in [9.17, 15) is 13.2 Å². The number of sulfone groups is 1. The first-order valence-electron chi connectivity index (χ1n) is 5.50. The summed E-state index contributed by atoms with van der Waals surface area (Å²) in [5.41, 5.74) is 7.51. The Hall–Kier alpha value is -1.56. The lowest BCUT2D eigenvalue weighted by molar-refractivity contribution is 0.0803. The molecule has 0 atom stereocenters. The third-order valence-corrected chi connectivity index (χ3v) is 3.67. The van der Waals surface area contributed by atoms with Crippen molar-refractivity contribution in [3.05, 3.63) is 29.3 Å². The number of nitrogens with two attached hydrogens (primary N) is 1. The molecule has 0 radical (unpaired) electrons. The first-order chi connectivity index (χ1) is 8.22. The molecule has 2 N–H and O–H groups in total. The van der Waals surface area contributed by atoms with E-state index in [0.717, 1.165) is 6.26 Å². The van der Waals surface area contributed by atoms with Gasteiger partial charge in [-0.1, -0.05) is 6.07 Å². The minimum atomic E-state index is -3.07. The zero-order valence-corrected chi connectivity index (χ0v) is 11.6. The SMILES string of the molecule is Cc1c(N)cccc1C(=O)N(C)CCS(C)(=O)=O. The lowest BCUT2D eigenvalue weighted by Crippen LogP contribution is -2.32. The van der Waals surface area contributed by atoms with E-state index in [1.54, 1.807) is 32.2 Å². The maximum absolute atomic E-state index is 12.1. The molecule has 0 fully saturated rings. The molecule has 0 saturated heterocycles. The van der Waals surface area contributed by atoms with E-state index in [1.807, 2.05) is 0 Å². The summed E-state index contributed by atoms with van der Waals surface area (Å²) in [6.45, 7) is 1.94. The summed E-state index contributed by atoms with van der Waals surface area (Å²) in [6, 6.07) is 5.12. The first kappa shape index (κ1) is 14.5. The van der Waals surface area contributed by atoms with Gasteiger partial charge < -0.3 is 10.6 Å². The number of carbonyl (C=O) groups is 1. The van der Waals surface area contributed by atoms with Crippen LogP contribution in [0.2, 0.25) is 0 Å². The van der Waals surface area contributed by atoms with Gasteiger partial charge in [0.25, 0.3) is 5.91 Å². The standard InChI is InChI=1S/C12H18N2O3S/c1-9-10(5-4-6-11(9)13)12(15)14(2)7-8-18(3,16)17/h4-6H,7-8,13H2,1-3H3. The number of amides is 1. The van der Waals surface area contributed by atoms with E-state index < -0.39 is 9.84 Å². The van der Waals surface area contributed by atoms with Crippen molar-refractivity contribution in [1.82, 2.24) is 4.90 Å². The Labute approximate surface area is 108 Å². The van der Waals surface area contributed by atoms with Crippen molar-refractivity contribution in [3.8, 4) is 0 Å². The van der Waals surface area contributed by atoms with Crippen LogP contribution in [0.1, 0.15) is 15.9 Å². The average molecular weight is 270 g/mol. The Morgan fingerprint density at radius 1 is 1.39 bits per heavy atom. The average Bonchev–Trinajstić information content (AvgIpc) is 2.28. The van der Waals surface area contributed by atoms with Crippen molar-refractivity contribution < 1.29 is 13.2 Å². The van der Waals surface area contributed by atoms with E-state index >= 15 is 0 Å². The summed E-state index contributed by atoms with van der Waals surface area (Å²) >= 11 is 0. The minimum absolute atomic E-state index is 0.0450. The monoisotopic (exact) mass is 270 g/mol. The lowest BCUT2D eigenvalue weighted by Gasteiger charge is -2.18. The predicted molar refractivity (Wildman–Crippen MR) is 72.3 cm³/mol. The maximum atomic E-state index is 12.1. The normalized spacial score (nSPS) is 11.3. The van der Waals surface area contributed by atoms with Crippen LogP contribution in [-0.2, 0) is 9.84 Å². The van der Waals surface area contributed by atoms with Crippen molar-refractivity contribution in [2.75, 3.05) is 31.3 Å². The molecule has 6 heteroatoms. The number of benzene rings is 1. The van der Waals surface area contributed by atoms with Crippen LogP contribution >= 0.6 is 0 Å². The molecule has 5 nitrogen and oxygen atoms in total. The van der Waals surface area contributed by atoms with Gasteiger partial charge in [-0.25, -0.2) is 8.42 Å². The van der Waals surface area contributed by atoms with Crippen LogP contribution < -0.4 is 5.73 Å². The van der Waals surface area contributed by atoms with E-state index in [0.29, 0.717) is 16.8 Å². The van der Waals surface area contributed by atoms with Crippen molar-refractivity contribution in [1.29, 1.82) is 0 Å². The number of nitrogen functional groups attached to an aromatic ring is 1. The van der Waals surface area contributed by atoms with Gasteiger partial charge in [0.05, 0.1) is 5.75 Å². The van der Waals surface area contributed by atoms with Gasteiger partial charge in [0.2, 0.25) is 0 Å². The topological polar surface area (TPSA) is 80.5 Å². The highest BCUT2D eigenvalue weighted by molar-refractivity contribution is 7.90. The summed E-state index contributed by atoms with van der Waals surface area (Å²) in [6.07, 6.45) is 1.15. The second-order valence-electron chi connectivity index (χ2n) is 4.38. The van der Waals surface area contributed by atoms with Crippen molar-refractivity contribution in [2.24, 2.45) is 0 Å². The fourth-order valence-electron chi connectivity index (χ4n) is 1.50. The molecular weight excluding hydrogens is 252 g/mol. The molecule has 0 spiro atoms. The lowest BCUT2D eigenvalue weighted by atomic mass is 10.1. The third kappa shape index (κ3) is 3.73. The zero-order valence-electron chi connectivity index (χ0n) is 10.8. The van der Waals surface area contributed by atoms with Gasteiger partial charge in [-0.05, 0) is 24.6 Å². The van der Waals surface area contributed by atoms with E-state index in [-0.39, 0.29) is 18.2 Å². The van der Waals surface area contributed by atoms with Gasteiger partial charge >= 0.3 is 0 Å². The molecule has 1 amide bonds. The Bertz CT molecular complexity index is 552.